The minimum atomic E-state index is -0.488. The van der Waals surface area contributed by atoms with Crippen molar-refractivity contribution in [3.05, 3.63) is 51.3 Å². The van der Waals surface area contributed by atoms with Gasteiger partial charge in [0.25, 0.3) is 5.56 Å². The summed E-state index contributed by atoms with van der Waals surface area (Å²) in [5.41, 5.74) is 1.51. The number of anilines is 1. The maximum Gasteiger partial charge on any atom is 0.271 e. The van der Waals surface area contributed by atoms with Crippen LogP contribution in [0.2, 0.25) is 0 Å². The Morgan fingerprint density at radius 3 is 2.59 bits per heavy atom. The number of amides is 1. The summed E-state index contributed by atoms with van der Waals surface area (Å²) in [6, 6.07) is 8.78. The van der Waals surface area contributed by atoms with Gasteiger partial charge in [0.1, 0.15) is 11.6 Å². The van der Waals surface area contributed by atoms with Gasteiger partial charge in [0.2, 0.25) is 11.8 Å². The lowest BCUT2D eigenvalue weighted by Gasteiger charge is -2.13. The highest BCUT2D eigenvalue weighted by Crippen LogP contribution is 2.22. The molecule has 0 aliphatic heterocycles. The number of aliphatic imine (C=N–C) groups is 1. The number of aromatic hydroxyl groups is 1. The standard InChI is InChI=1S/C20H22N4O3/c1-4-5-10-24-19(26)17(11-21)13(2)18(20(24)27)12-22-15-6-8-16(9-7-15)23-14(3)25/h6-9,12,27H,4-5,10H2,1-3H3,(H,23,25). The molecule has 27 heavy (non-hydrogen) atoms. The maximum atomic E-state index is 12.4. The molecule has 0 spiro atoms. The summed E-state index contributed by atoms with van der Waals surface area (Å²) in [7, 11) is 0. The quantitative estimate of drug-likeness (QED) is 0.765. The van der Waals surface area contributed by atoms with Gasteiger partial charge in [-0.2, -0.15) is 5.26 Å². The van der Waals surface area contributed by atoms with Crippen LogP contribution < -0.4 is 10.9 Å². The van der Waals surface area contributed by atoms with Gasteiger partial charge in [0.05, 0.1) is 11.3 Å². The van der Waals surface area contributed by atoms with E-state index in [0.29, 0.717) is 35.5 Å². The van der Waals surface area contributed by atoms with Crippen molar-refractivity contribution in [3.8, 4) is 11.9 Å². The van der Waals surface area contributed by atoms with Crippen LogP contribution >= 0.6 is 0 Å². The molecule has 0 fully saturated rings. The van der Waals surface area contributed by atoms with Gasteiger partial charge in [-0.1, -0.05) is 13.3 Å². The number of hydrogen-bond acceptors (Lipinski definition) is 5. The molecule has 1 amide bonds. The van der Waals surface area contributed by atoms with Crippen LogP contribution in [0.4, 0.5) is 11.4 Å². The molecule has 1 aromatic carbocycles. The van der Waals surface area contributed by atoms with Crippen LogP contribution in [0.15, 0.2) is 34.1 Å². The van der Waals surface area contributed by atoms with Crippen LogP contribution in [0.5, 0.6) is 5.88 Å². The number of unbranched alkanes of at least 4 members (excludes halogenated alkanes) is 1. The third kappa shape index (κ3) is 4.61. The summed E-state index contributed by atoms with van der Waals surface area (Å²) in [6.07, 6.45) is 3.01. The molecule has 0 saturated carbocycles. The first-order valence-corrected chi connectivity index (χ1v) is 8.67. The third-order valence-corrected chi connectivity index (χ3v) is 4.11. The van der Waals surface area contributed by atoms with E-state index in [4.69, 9.17) is 0 Å². The van der Waals surface area contributed by atoms with Crippen LogP contribution in [0.25, 0.3) is 0 Å². The topological polar surface area (TPSA) is 107 Å². The average molecular weight is 366 g/mol. The third-order valence-electron chi connectivity index (χ3n) is 4.11. The molecule has 0 aliphatic carbocycles. The predicted molar refractivity (Wildman–Crippen MR) is 105 cm³/mol. The molecule has 2 N–H and O–H groups in total. The molecular weight excluding hydrogens is 344 g/mol. The summed E-state index contributed by atoms with van der Waals surface area (Å²) in [5.74, 6) is -0.353. The highest BCUT2D eigenvalue weighted by Gasteiger charge is 2.17. The lowest BCUT2D eigenvalue weighted by atomic mass is 10.1. The van der Waals surface area contributed by atoms with Gasteiger partial charge in [-0.3, -0.25) is 19.1 Å². The fourth-order valence-corrected chi connectivity index (χ4v) is 2.62. The monoisotopic (exact) mass is 366 g/mol. The number of nitrogens with one attached hydrogen (secondary N) is 1. The van der Waals surface area contributed by atoms with Crippen LogP contribution in [0.3, 0.4) is 0 Å². The Morgan fingerprint density at radius 1 is 1.37 bits per heavy atom. The summed E-state index contributed by atoms with van der Waals surface area (Å²) < 4.78 is 1.22. The van der Waals surface area contributed by atoms with E-state index in [1.165, 1.54) is 17.7 Å². The Morgan fingerprint density at radius 2 is 2.04 bits per heavy atom. The van der Waals surface area contributed by atoms with Crippen LogP contribution in [0.1, 0.15) is 43.4 Å². The van der Waals surface area contributed by atoms with Crippen LogP contribution in [-0.4, -0.2) is 21.8 Å². The molecule has 0 atom stereocenters. The van der Waals surface area contributed by atoms with Gasteiger partial charge in [0, 0.05) is 25.4 Å². The van der Waals surface area contributed by atoms with Gasteiger partial charge in [0.15, 0.2) is 0 Å². The number of aromatic nitrogens is 1. The number of carbonyl (C=O) groups excluding carboxylic acids is 1. The van der Waals surface area contributed by atoms with E-state index in [9.17, 15) is 20.0 Å². The zero-order chi connectivity index (χ0) is 20.0. The summed E-state index contributed by atoms with van der Waals surface area (Å²) >= 11 is 0. The SMILES string of the molecule is CCCCn1c(O)c(C=Nc2ccc(NC(C)=O)cc2)c(C)c(C#N)c1=O. The zero-order valence-corrected chi connectivity index (χ0v) is 15.6. The van der Waals surface area contributed by atoms with Crippen molar-refractivity contribution in [2.45, 2.75) is 40.2 Å². The van der Waals surface area contributed by atoms with E-state index in [2.05, 4.69) is 10.3 Å². The van der Waals surface area contributed by atoms with Crippen molar-refractivity contribution in [2.24, 2.45) is 4.99 Å². The minimum Gasteiger partial charge on any atom is -0.494 e. The molecule has 0 unspecified atom stereocenters. The number of rotatable bonds is 6. The average Bonchev–Trinajstić information content (AvgIpc) is 2.63. The van der Waals surface area contributed by atoms with Gasteiger partial charge in [-0.05, 0) is 43.2 Å². The van der Waals surface area contributed by atoms with Gasteiger partial charge >= 0.3 is 0 Å². The van der Waals surface area contributed by atoms with Crippen molar-refractivity contribution in [3.63, 3.8) is 0 Å². The lowest BCUT2D eigenvalue weighted by molar-refractivity contribution is -0.114. The van der Waals surface area contributed by atoms with Crippen molar-refractivity contribution in [2.75, 3.05) is 5.32 Å². The van der Waals surface area contributed by atoms with E-state index in [1.54, 1.807) is 31.2 Å². The highest BCUT2D eigenvalue weighted by molar-refractivity contribution is 5.89. The molecule has 0 aliphatic rings. The number of carbonyl (C=O) groups is 1. The summed E-state index contributed by atoms with van der Waals surface area (Å²) in [4.78, 5) is 27.8. The zero-order valence-electron chi connectivity index (χ0n) is 15.6. The first-order chi connectivity index (χ1) is 12.9. The second-order valence-electron chi connectivity index (χ2n) is 6.15. The molecule has 0 saturated heterocycles. The second kappa shape index (κ2) is 8.81. The van der Waals surface area contributed by atoms with E-state index in [-0.39, 0.29) is 17.4 Å². The molecule has 7 heteroatoms. The lowest BCUT2D eigenvalue weighted by Crippen LogP contribution is -2.25. The molecule has 1 aromatic heterocycles. The van der Waals surface area contributed by atoms with Gasteiger partial charge in [-0.15, -0.1) is 0 Å². The first kappa shape index (κ1) is 19.9. The highest BCUT2D eigenvalue weighted by atomic mass is 16.3. The Kier molecular flexibility index (Phi) is 6.50. The van der Waals surface area contributed by atoms with Crippen molar-refractivity contribution in [1.29, 1.82) is 5.26 Å². The minimum absolute atomic E-state index is 0.00589. The Hall–Kier alpha value is -3.40. The molecule has 0 radical (unpaired) electrons. The van der Waals surface area contributed by atoms with Crippen molar-refractivity contribution >= 4 is 23.5 Å². The van der Waals surface area contributed by atoms with Gasteiger partial charge in [-0.25, -0.2) is 0 Å². The first-order valence-electron chi connectivity index (χ1n) is 8.67. The normalized spacial score (nSPS) is 10.7. The van der Waals surface area contributed by atoms with E-state index < -0.39 is 5.56 Å². The van der Waals surface area contributed by atoms with Crippen LogP contribution in [0, 0.1) is 18.3 Å². The molecular formula is C20H22N4O3. The second-order valence-corrected chi connectivity index (χ2v) is 6.15. The number of nitrogens with zero attached hydrogens (tertiary/aromatic N) is 3. The largest absolute Gasteiger partial charge is 0.494 e. The smallest absolute Gasteiger partial charge is 0.271 e. The number of benzene rings is 1. The fraction of sp³-hybridized carbons (Fsp3) is 0.300. The number of hydrogen-bond donors (Lipinski definition) is 2. The maximum absolute atomic E-state index is 12.4. The van der Waals surface area contributed by atoms with Gasteiger partial charge < -0.3 is 10.4 Å². The van der Waals surface area contributed by atoms with Crippen molar-refractivity contribution in [1.82, 2.24) is 4.57 Å². The fourth-order valence-electron chi connectivity index (χ4n) is 2.62. The Labute approximate surface area is 157 Å². The molecule has 1 heterocycles. The molecule has 0 bridgehead atoms. The van der Waals surface area contributed by atoms with E-state index in [0.717, 1.165) is 6.42 Å². The molecule has 7 nitrogen and oxygen atoms in total. The molecule has 140 valence electrons. The molecule has 2 rings (SSSR count). The summed E-state index contributed by atoms with van der Waals surface area (Å²) in [6.45, 7) is 5.36. The Bertz CT molecular complexity index is 967. The predicted octanol–water partition coefficient (Wildman–Crippen LogP) is 3.24. The van der Waals surface area contributed by atoms with E-state index in [1.807, 2.05) is 13.0 Å². The number of pyridine rings is 1. The number of nitriles is 1. The Balaban J connectivity index is 2.42. The molecule has 2 aromatic rings. The van der Waals surface area contributed by atoms with Crippen molar-refractivity contribution < 1.29 is 9.90 Å². The van der Waals surface area contributed by atoms with E-state index >= 15 is 0 Å². The summed E-state index contributed by atoms with van der Waals surface area (Å²) in [5, 5.41) is 22.5. The van der Waals surface area contributed by atoms with Crippen LogP contribution in [-0.2, 0) is 11.3 Å².